The van der Waals surface area contributed by atoms with Gasteiger partial charge in [-0.25, -0.2) is 0 Å². The number of ether oxygens (including phenoxy) is 2. The molecule has 0 radical (unpaired) electrons. The first-order valence-electron chi connectivity index (χ1n) is 6.30. The standard InChI is InChI=1S/C16H15Cl3O2/c1-9-4-5-10(8-12(9)17)14(18)11-6-7-13(20-2)15(19)16(11)21-3/h4-8,14H,1-3H3. The Kier molecular flexibility index (Phi) is 5.26. The van der Waals surface area contributed by atoms with Gasteiger partial charge in [0.1, 0.15) is 16.5 Å². The van der Waals surface area contributed by atoms with Crippen LogP contribution in [0.1, 0.15) is 22.1 Å². The van der Waals surface area contributed by atoms with Gasteiger partial charge in [0.15, 0.2) is 0 Å². The maximum Gasteiger partial charge on any atom is 0.146 e. The van der Waals surface area contributed by atoms with Crippen molar-refractivity contribution in [3.8, 4) is 11.5 Å². The van der Waals surface area contributed by atoms with Gasteiger partial charge in [0, 0.05) is 10.6 Å². The van der Waals surface area contributed by atoms with Crippen molar-refractivity contribution in [3.63, 3.8) is 0 Å². The van der Waals surface area contributed by atoms with E-state index in [2.05, 4.69) is 0 Å². The quantitative estimate of drug-likeness (QED) is 0.667. The fourth-order valence-corrected chi connectivity index (χ4v) is 2.89. The minimum Gasteiger partial charge on any atom is -0.495 e. The molecular weight excluding hydrogens is 331 g/mol. The SMILES string of the molecule is COc1ccc(C(Cl)c2ccc(C)c(Cl)c2)c(OC)c1Cl. The number of benzene rings is 2. The molecule has 0 aliphatic carbocycles. The maximum atomic E-state index is 6.57. The highest BCUT2D eigenvalue weighted by atomic mass is 35.5. The molecule has 1 unspecified atom stereocenters. The van der Waals surface area contributed by atoms with E-state index in [1.807, 2.05) is 31.2 Å². The zero-order valence-corrected chi connectivity index (χ0v) is 14.2. The van der Waals surface area contributed by atoms with Crippen molar-refractivity contribution >= 4 is 34.8 Å². The van der Waals surface area contributed by atoms with Gasteiger partial charge in [-0.2, -0.15) is 0 Å². The van der Waals surface area contributed by atoms with Gasteiger partial charge in [0.25, 0.3) is 0 Å². The first-order chi connectivity index (χ1) is 9.99. The van der Waals surface area contributed by atoms with Crippen molar-refractivity contribution in [1.82, 2.24) is 0 Å². The molecule has 1 atom stereocenters. The summed E-state index contributed by atoms with van der Waals surface area (Å²) >= 11 is 19.0. The number of aryl methyl sites for hydroxylation is 1. The van der Waals surface area contributed by atoms with Crippen molar-refractivity contribution in [3.05, 3.63) is 57.1 Å². The number of alkyl halides is 1. The summed E-state index contributed by atoms with van der Waals surface area (Å²) in [5, 5.41) is 0.666. The average molecular weight is 346 g/mol. The molecule has 0 saturated carbocycles. The van der Waals surface area contributed by atoms with Crippen molar-refractivity contribution in [2.24, 2.45) is 0 Å². The first-order valence-corrected chi connectivity index (χ1v) is 7.49. The van der Waals surface area contributed by atoms with Crippen LogP contribution in [0.5, 0.6) is 11.5 Å². The van der Waals surface area contributed by atoms with Crippen molar-refractivity contribution in [1.29, 1.82) is 0 Å². The maximum absolute atomic E-state index is 6.57. The minimum absolute atomic E-state index is 0.404. The summed E-state index contributed by atoms with van der Waals surface area (Å²) in [5.74, 6) is 1.05. The Morgan fingerprint density at radius 1 is 1.00 bits per heavy atom. The van der Waals surface area contributed by atoms with Gasteiger partial charge in [-0.1, -0.05) is 35.3 Å². The Morgan fingerprint density at radius 2 is 1.71 bits per heavy atom. The Balaban J connectivity index is 2.50. The predicted octanol–water partition coefficient (Wildman–Crippen LogP) is 5.65. The lowest BCUT2D eigenvalue weighted by Gasteiger charge is -2.17. The minimum atomic E-state index is -0.415. The fourth-order valence-electron chi connectivity index (χ4n) is 2.06. The molecule has 2 aromatic rings. The Hall–Kier alpha value is -1.09. The highest BCUT2D eigenvalue weighted by Gasteiger charge is 2.20. The van der Waals surface area contributed by atoms with Gasteiger partial charge in [-0.15, -0.1) is 11.6 Å². The van der Waals surface area contributed by atoms with E-state index in [0.717, 1.165) is 16.7 Å². The Bertz CT molecular complexity index is 656. The summed E-state index contributed by atoms with van der Waals surface area (Å²) < 4.78 is 10.6. The van der Waals surface area contributed by atoms with Crippen LogP contribution >= 0.6 is 34.8 Å². The topological polar surface area (TPSA) is 18.5 Å². The fraction of sp³-hybridized carbons (Fsp3) is 0.250. The molecule has 0 saturated heterocycles. The zero-order chi connectivity index (χ0) is 15.6. The molecule has 0 amide bonds. The van der Waals surface area contributed by atoms with Gasteiger partial charge >= 0.3 is 0 Å². The van der Waals surface area contributed by atoms with Crippen molar-refractivity contribution in [2.75, 3.05) is 14.2 Å². The van der Waals surface area contributed by atoms with Gasteiger partial charge < -0.3 is 9.47 Å². The third kappa shape index (κ3) is 3.23. The molecule has 0 aromatic heterocycles. The predicted molar refractivity (Wildman–Crippen MR) is 88.4 cm³/mol. The molecule has 0 aliphatic heterocycles. The summed E-state index contributed by atoms with van der Waals surface area (Å²) in [6, 6.07) is 9.34. The molecule has 112 valence electrons. The van der Waals surface area contributed by atoms with E-state index in [4.69, 9.17) is 44.3 Å². The molecule has 0 bridgehead atoms. The normalized spacial score (nSPS) is 12.1. The van der Waals surface area contributed by atoms with Gasteiger partial charge in [0.05, 0.1) is 19.6 Å². The molecule has 0 heterocycles. The second kappa shape index (κ2) is 6.78. The van der Waals surface area contributed by atoms with Crippen LogP contribution in [0.25, 0.3) is 0 Å². The molecule has 0 aliphatic rings. The summed E-state index contributed by atoms with van der Waals surface area (Å²) in [7, 11) is 3.11. The summed E-state index contributed by atoms with van der Waals surface area (Å²) in [6.07, 6.45) is 0. The highest BCUT2D eigenvalue weighted by Crippen LogP contribution is 2.43. The second-order valence-corrected chi connectivity index (χ2v) is 5.80. The van der Waals surface area contributed by atoms with Crippen molar-refractivity contribution < 1.29 is 9.47 Å². The van der Waals surface area contributed by atoms with Crippen LogP contribution in [0.2, 0.25) is 10.0 Å². The molecule has 2 nitrogen and oxygen atoms in total. The lowest BCUT2D eigenvalue weighted by atomic mass is 10.0. The molecule has 21 heavy (non-hydrogen) atoms. The highest BCUT2D eigenvalue weighted by molar-refractivity contribution is 6.34. The van der Waals surface area contributed by atoms with E-state index >= 15 is 0 Å². The lowest BCUT2D eigenvalue weighted by molar-refractivity contribution is 0.392. The Morgan fingerprint density at radius 3 is 2.29 bits per heavy atom. The van der Waals surface area contributed by atoms with E-state index in [-0.39, 0.29) is 0 Å². The molecule has 0 spiro atoms. The number of hydrogen-bond donors (Lipinski definition) is 0. The molecule has 0 N–H and O–H groups in total. The largest absolute Gasteiger partial charge is 0.495 e. The third-order valence-corrected chi connectivity index (χ3v) is 4.53. The van der Waals surface area contributed by atoms with Crippen LogP contribution in [0.15, 0.2) is 30.3 Å². The zero-order valence-electron chi connectivity index (χ0n) is 11.9. The number of rotatable bonds is 4. The number of hydrogen-bond acceptors (Lipinski definition) is 2. The molecule has 2 rings (SSSR count). The van der Waals surface area contributed by atoms with Gasteiger partial charge in [0.2, 0.25) is 0 Å². The smallest absolute Gasteiger partial charge is 0.146 e. The van der Waals surface area contributed by atoms with Crippen molar-refractivity contribution in [2.45, 2.75) is 12.3 Å². The number of methoxy groups -OCH3 is 2. The van der Waals surface area contributed by atoms with Crippen LogP contribution in [0.3, 0.4) is 0 Å². The van der Waals surface area contributed by atoms with Gasteiger partial charge in [-0.3, -0.25) is 0 Å². The van der Waals surface area contributed by atoms with Crippen LogP contribution in [0, 0.1) is 6.92 Å². The average Bonchev–Trinajstić information content (AvgIpc) is 2.49. The van der Waals surface area contributed by atoms with Crippen LogP contribution in [-0.2, 0) is 0 Å². The van der Waals surface area contributed by atoms with E-state index in [1.165, 1.54) is 0 Å². The molecule has 2 aromatic carbocycles. The summed E-state index contributed by atoms with van der Waals surface area (Å²) in [4.78, 5) is 0. The van der Waals surface area contributed by atoms with Crippen LogP contribution in [0.4, 0.5) is 0 Å². The molecule has 0 fully saturated rings. The van der Waals surface area contributed by atoms with Crippen LogP contribution in [-0.4, -0.2) is 14.2 Å². The van der Waals surface area contributed by atoms with E-state index in [1.54, 1.807) is 20.3 Å². The van der Waals surface area contributed by atoms with E-state index in [0.29, 0.717) is 21.5 Å². The summed E-state index contributed by atoms with van der Waals surface area (Å²) in [5.41, 5.74) is 2.65. The van der Waals surface area contributed by atoms with E-state index < -0.39 is 5.38 Å². The third-order valence-electron chi connectivity index (χ3n) is 3.28. The first kappa shape index (κ1) is 16.3. The molecular formula is C16H15Cl3O2. The monoisotopic (exact) mass is 344 g/mol. The second-order valence-electron chi connectivity index (χ2n) is 4.58. The van der Waals surface area contributed by atoms with E-state index in [9.17, 15) is 0 Å². The van der Waals surface area contributed by atoms with Crippen LogP contribution < -0.4 is 9.47 Å². The van der Waals surface area contributed by atoms with Gasteiger partial charge in [-0.05, 0) is 36.2 Å². The molecule has 5 heteroatoms. The Labute approximate surface area is 139 Å². The number of halogens is 3. The lowest BCUT2D eigenvalue weighted by Crippen LogP contribution is -2.00. The summed E-state index contributed by atoms with van der Waals surface area (Å²) in [6.45, 7) is 1.94.